The first-order valence-corrected chi connectivity index (χ1v) is 8.70. The maximum atomic E-state index is 12.8. The van der Waals surface area contributed by atoms with Gasteiger partial charge in [-0.3, -0.25) is 0 Å². The average molecular weight is 403 g/mol. The van der Waals surface area contributed by atoms with Crippen molar-refractivity contribution in [1.29, 1.82) is 0 Å². The highest BCUT2D eigenvalue weighted by molar-refractivity contribution is 5.89. The van der Waals surface area contributed by atoms with Crippen LogP contribution in [0.5, 0.6) is 0 Å². The van der Waals surface area contributed by atoms with E-state index in [-0.39, 0.29) is 18.9 Å². The standard InChI is InChI=1S/C17H20F3N3O5/c1-2-21-16(25)28-12-8-27-13-11(7-26-14(12)13)23-15(24)22-10-5-3-4-9(6-10)17(18,19)20/h3-6,11-14H,2,7-8H2,1H3,(H,21,25)(H2,22,23,24). The highest BCUT2D eigenvalue weighted by Crippen LogP contribution is 2.31. The summed E-state index contributed by atoms with van der Waals surface area (Å²) in [7, 11) is 0. The summed E-state index contributed by atoms with van der Waals surface area (Å²) in [5, 5.41) is 7.49. The number of alkyl halides is 3. The maximum absolute atomic E-state index is 12.8. The smallest absolute Gasteiger partial charge is 0.416 e. The Labute approximate surface area is 158 Å². The minimum atomic E-state index is -4.50. The van der Waals surface area contributed by atoms with Gasteiger partial charge < -0.3 is 30.2 Å². The number of ether oxygens (including phenoxy) is 3. The molecule has 2 heterocycles. The second-order valence-electron chi connectivity index (χ2n) is 6.35. The predicted octanol–water partition coefficient (Wildman–Crippen LogP) is 2.11. The maximum Gasteiger partial charge on any atom is 0.416 e. The molecule has 0 spiro atoms. The SMILES string of the molecule is CCNC(=O)OC1COC2C(NC(=O)Nc3cccc(C(F)(F)F)c3)COC12. The van der Waals surface area contributed by atoms with Gasteiger partial charge in [0.05, 0.1) is 24.8 Å². The van der Waals surface area contributed by atoms with Gasteiger partial charge in [0.1, 0.15) is 12.2 Å². The molecule has 2 aliphatic heterocycles. The van der Waals surface area contributed by atoms with Gasteiger partial charge in [0, 0.05) is 12.2 Å². The summed E-state index contributed by atoms with van der Waals surface area (Å²) in [5.74, 6) is 0. The van der Waals surface area contributed by atoms with Crippen LogP contribution < -0.4 is 16.0 Å². The molecular weight excluding hydrogens is 383 g/mol. The van der Waals surface area contributed by atoms with Gasteiger partial charge in [-0.15, -0.1) is 0 Å². The molecule has 0 aliphatic carbocycles. The molecule has 154 valence electrons. The van der Waals surface area contributed by atoms with Gasteiger partial charge in [-0.25, -0.2) is 9.59 Å². The molecule has 2 saturated heterocycles. The molecule has 4 atom stereocenters. The Balaban J connectivity index is 1.54. The van der Waals surface area contributed by atoms with Gasteiger partial charge in [-0.2, -0.15) is 13.2 Å². The minimum absolute atomic E-state index is 0.00702. The lowest BCUT2D eigenvalue weighted by molar-refractivity contribution is -0.137. The number of hydrogen-bond acceptors (Lipinski definition) is 5. The van der Waals surface area contributed by atoms with E-state index < -0.39 is 48.2 Å². The van der Waals surface area contributed by atoms with E-state index in [9.17, 15) is 22.8 Å². The third kappa shape index (κ3) is 4.65. The number of carbonyl (C=O) groups is 2. The molecule has 1 aromatic carbocycles. The first-order valence-electron chi connectivity index (χ1n) is 8.70. The molecule has 3 amide bonds. The van der Waals surface area contributed by atoms with Crippen LogP contribution in [-0.4, -0.2) is 56.2 Å². The lowest BCUT2D eigenvalue weighted by Crippen LogP contribution is -2.46. The largest absolute Gasteiger partial charge is 0.441 e. The van der Waals surface area contributed by atoms with E-state index in [0.29, 0.717) is 6.54 Å². The first-order chi connectivity index (χ1) is 13.3. The molecule has 2 fully saturated rings. The number of alkyl carbamates (subject to hydrolysis) is 1. The van der Waals surface area contributed by atoms with E-state index in [2.05, 4.69) is 16.0 Å². The molecule has 0 aromatic heterocycles. The summed E-state index contributed by atoms with van der Waals surface area (Å²) < 4.78 is 54.6. The van der Waals surface area contributed by atoms with Crippen molar-refractivity contribution in [1.82, 2.24) is 10.6 Å². The summed E-state index contributed by atoms with van der Waals surface area (Å²) in [4.78, 5) is 23.7. The van der Waals surface area contributed by atoms with E-state index in [1.807, 2.05) is 0 Å². The van der Waals surface area contributed by atoms with Gasteiger partial charge in [0.25, 0.3) is 0 Å². The van der Waals surface area contributed by atoms with Gasteiger partial charge >= 0.3 is 18.3 Å². The van der Waals surface area contributed by atoms with Crippen molar-refractivity contribution in [2.45, 2.75) is 37.5 Å². The quantitative estimate of drug-likeness (QED) is 0.716. The molecule has 1 aromatic rings. The monoisotopic (exact) mass is 403 g/mol. The van der Waals surface area contributed by atoms with Crippen molar-refractivity contribution in [2.24, 2.45) is 0 Å². The van der Waals surface area contributed by atoms with Crippen molar-refractivity contribution in [2.75, 3.05) is 25.1 Å². The number of amides is 3. The molecule has 8 nitrogen and oxygen atoms in total. The van der Waals surface area contributed by atoms with Crippen molar-refractivity contribution >= 4 is 17.8 Å². The van der Waals surface area contributed by atoms with Gasteiger partial charge in [0.2, 0.25) is 0 Å². The molecule has 0 saturated carbocycles. The van der Waals surface area contributed by atoms with Crippen LogP contribution in [0.4, 0.5) is 28.4 Å². The zero-order valence-electron chi connectivity index (χ0n) is 14.9. The Kier molecular flexibility index (Phi) is 5.94. The summed E-state index contributed by atoms with van der Waals surface area (Å²) in [6.07, 6.45) is -6.74. The third-order valence-electron chi connectivity index (χ3n) is 4.35. The average Bonchev–Trinajstić information content (AvgIpc) is 3.18. The Morgan fingerprint density at radius 3 is 2.68 bits per heavy atom. The highest BCUT2D eigenvalue weighted by atomic mass is 19.4. The van der Waals surface area contributed by atoms with Gasteiger partial charge in [-0.05, 0) is 25.1 Å². The number of benzene rings is 1. The second-order valence-corrected chi connectivity index (χ2v) is 6.35. The Morgan fingerprint density at radius 1 is 1.21 bits per heavy atom. The molecule has 0 bridgehead atoms. The van der Waals surface area contributed by atoms with Crippen molar-refractivity contribution in [3.63, 3.8) is 0 Å². The van der Waals surface area contributed by atoms with Crippen molar-refractivity contribution in [3.8, 4) is 0 Å². The third-order valence-corrected chi connectivity index (χ3v) is 4.35. The van der Waals surface area contributed by atoms with Crippen LogP contribution in [0.2, 0.25) is 0 Å². The topological polar surface area (TPSA) is 97.9 Å². The molecular formula is C17H20F3N3O5. The fourth-order valence-corrected chi connectivity index (χ4v) is 3.12. The molecule has 3 N–H and O–H groups in total. The number of anilines is 1. The van der Waals surface area contributed by atoms with Crippen LogP contribution in [0.15, 0.2) is 24.3 Å². The first kappa shape index (κ1) is 20.2. The van der Waals surface area contributed by atoms with Crippen molar-refractivity contribution < 1.29 is 37.0 Å². The van der Waals surface area contributed by atoms with E-state index >= 15 is 0 Å². The number of hydrogen-bond donors (Lipinski definition) is 3. The highest BCUT2D eigenvalue weighted by Gasteiger charge is 2.50. The van der Waals surface area contributed by atoms with Crippen molar-refractivity contribution in [3.05, 3.63) is 29.8 Å². The molecule has 11 heteroatoms. The second kappa shape index (κ2) is 8.23. The van der Waals surface area contributed by atoms with E-state index in [1.54, 1.807) is 6.92 Å². The summed E-state index contributed by atoms with van der Waals surface area (Å²) in [6.45, 7) is 2.42. The number of rotatable bonds is 4. The molecule has 0 radical (unpaired) electrons. The van der Waals surface area contributed by atoms with Crippen LogP contribution in [0.25, 0.3) is 0 Å². The van der Waals surface area contributed by atoms with Gasteiger partial charge in [-0.1, -0.05) is 6.07 Å². The molecule has 2 aliphatic rings. The van der Waals surface area contributed by atoms with Crippen LogP contribution in [0, 0.1) is 0 Å². The van der Waals surface area contributed by atoms with E-state index in [4.69, 9.17) is 14.2 Å². The fraction of sp³-hybridized carbons (Fsp3) is 0.529. The number of urea groups is 1. The molecule has 3 rings (SSSR count). The minimum Gasteiger partial charge on any atom is -0.441 e. The van der Waals surface area contributed by atoms with Gasteiger partial charge in [0.15, 0.2) is 6.10 Å². The summed E-state index contributed by atoms with van der Waals surface area (Å²) in [6, 6.07) is 3.10. The van der Waals surface area contributed by atoms with E-state index in [0.717, 1.165) is 12.1 Å². The predicted molar refractivity (Wildman–Crippen MR) is 90.8 cm³/mol. The Hall–Kier alpha value is -2.53. The van der Waals surface area contributed by atoms with Crippen LogP contribution >= 0.6 is 0 Å². The van der Waals surface area contributed by atoms with Crippen LogP contribution in [0.1, 0.15) is 12.5 Å². The number of fused-ring (bicyclic) bond motifs is 1. The zero-order valence-corrected chi connectivity index (χ0v) is 14.9. The summed E-state index contributed by atoms with van der Waals surface area (Å²) in [5.41, 5.74) is -0.855. The van der Waals surface area contributed by atoms with Crippen LogP contribution in [-0.2, 0) is 20.4 Å². The Morgan fingerprint density at radius 2 is 1.96 bits per heavy atom. The Bertz CT molecular complexity index is 730. The zero-order chi connectivity index (χ0) is 20.3. The number of halogens is 3. The summed E-state index contributed by atoms with van der Waals surface area (Å²) >= 11 is 0. The molecule has 4 unspecified atom stereocenters. The number of nitrogens with one attached hydrogen (secondary N) is 3. The lowest BCUT2D eigenvalue weighted by Gasteiger charge is -2.18. The van der Waals surface area contributed by atoms with Crippen LogP contribution in [0.3, 0.4) is 0 Å². The number of carbonyl (C=O) groups excluding carboxylic acids is 2. The lowest BCUT2D eigenvalue weighted by atomic mass is 10.1. The fourth-order valence-electron chi connectivity index (χ4n) is 3.12. The normalized spacial score (nSPS) is 26.4. The molecule has 28 heavy (non-hydrogen) atoms. The van der Waals surface area contributed by atoms with E-state index in [1.165, 1.54) is 12.1 Å².